The highest BCUT2D eigenvalue weighted by Crippen LogP contribution is 2.29. The lowest BCUT2D eigenvalue weighted by molar-refractivity contribution is 0.0783. The Hall–Kier alpha value is -0.960. The van der Waals surface area contributed by atoms with E-state index in [0.29, 0.717) is 13.2 Å². The van der Waals surface area contributed by atoms with Crippen LogP contribution >= 0.6 is 0 Å². The van der Waals surface area contributed by atoms with Gasteiger partial charge < -0.3 is 4.74 Å². The van der Waals surface area contributed by atoms with Crippen molar-refractivity contribution in [1.82, 2.24) is 0 Å². The molecule has 1 nitrogen and oxygen atoms in total. The number of benzene rings is 1. The first-order chi connectivity index (χ1) is 6.79. The molecular weight excluding hydrogens is 186 g/mol. The van der Waals surface area contributed by atoms with E-state index >= 15 is 0 Å². The van der Waals surface area contributed by atoms with E-state index in [2.05, 4.69) is 0 Å². The highest BCUT2D eigenvalue weighted by atomic mass is 19.1. The van der Waals surface area contributed by atoms with Crippen molar-refractivity contribution >= 4 is 0 Å². The summed E-state index contributed by atoms with van der Waals surface area (Å²) < 4.78 is 31.9. The van der Waals surface area contributed by atoms with Gasteiger partial charge in [0, 0.05) is 18.1 Å². The van der Waals surface area contributed by atoms with Crippen LogP contribution in [-0.2, 0) is 4.74 Å². The predicted octanol–water partition coefficient (Wildman–Crippen LogP) is 2.86. The maximum absolute atomic E-state index is 13.3. The van der Waals surface area contributed by atoms with Gasteiger partial charge in [-0.15, -0.1) is 0 Å². The summed E-state index contributed by atoms with van der Waals surface area (Å²) in [6.45, 7) is 1.13. The summed E-state index contributed by atoms with van der Waals surface area (Å²) in [6.07, 6.45) is 1.68. The monoisotopic (exact) mass is 198 g/mol. The minimum absolute atomic E-state index is 0.120. The maximum Gasteiger partial charge on any atom is 0.129 e. The molecule has 1 heterocycles. The Bertz CT molecular complexity index is 299. The second-order valence-electron chi connectivity index (χ2n) is 3.55. The van der Waals surface area contributed by atoms with Crippen LogP contribution in [0.3, 0.4) is 0 Å². The van der Waals surface area contributed by atoms with E-state index in [1.54, 1.807) is 0 Å². The number of hydrogen-bond acceptors (Lipinski definition) is 1. The van der Waals surface area contributed by atoms with Crippen molar-refractivity contribution in [3.63, 3.8) is 0 Å². The van der Waals surface area contributed by atoms with Gasteiger partial charge in [-0.3, -0.25) is 0 Å². The third-order valence-corrected chi connectivity index (χ3v) is 2.57. The van der Waals surface area contributed by atoms with E-state index in [9.17, 15) is 8.78 Å². The summed E-state index contributed by atoms with van der Waals surface area (Å²) in [6, 6.07) is 3.98. The van der Waals surface area contributed by atoms with Crippen molar-refractivity contribution in [3.8, 4) is 0 Å². The third kappa shape index (κ3) is 1.77. The Balaban J connectivity index is 2.29. The molecule has 76 valence electrons. The highest BCUT2D eigenvalue weighted by Gasteiger charge is 2.22. The van der Waals surface area contributed by atoms with Crippen LogP contribution < -0.4 is 0 Å². The van der Waals surface area contributed by atoms with Gasteiger partial charge in [-0.05, 0) is 25.0 Å². The molecule has 14 heavy (non-hydrogen) atoms. The summed E-state index contributed by atoms with van der Waals surface area (Å²) in [5.74, 6) is -1.04. The van der Waals surface area contributed by atoms with Crippen molar-refractivity contribution in [2.75, 3.05) is 13.2 Å². The molecule has 0 aromatic heterocycles. The standard InChI is InChI=1S/C11H12F2O/c12-9-4-1-5-10(13)11(9)8-3-2-6-14-7-8/h1,4-5,8H,2-3,6-7H2. The average molecular weight is 198 g/mol. The summed E-state index contributed by atoms with van der Waals surface area (Å²) >= 11 is 0. The molecule has 1 aromatic carbocycles. The van der Waals surface area contributed by atoms with Crippen molar-refractivity contribution in [2.24, 2.45) is 0 Å². The van der Waals surface area contributed by atoms with E-state index in [-0.39, 0.29) is 11.5 Å². The number of hydrogen-bond donors (Lipinski definition) is 0. The lowest BCUT2D eigenvalue weighted by Crippen LogP contribution is -2.17. The summed E-state index contributed by atoms with van der Waals surface area (Å²) in [7, 11) is 0. The molecule has 0 saturated carbocycles. The zero-order valence-electron chi connectivity index (χ0n) is 7.80. The summed E-state index contributed by atoms with van der Waals surface area (Å²) in [5, 5.41) is 0. The molecule has 1 saturated heterocycles. The Morgan fingerprint density at radius 1 is 1.21 bits per heavy atom. The molecule has 1 atom stereocenters. The SMILES string of the molecule is Fc1cccc(F)c1C1CCCOC1. The quantitative estimate of drug-likeness (QED) is 0.674. The van der Waals surface area contributed by atoms with Gasteiger partial charge in [-0.1, -0.05) is 6.07 Å². The predicted molar refractivity (Wildman–Crippen MR) is 49.2 cm³/mol. The molecule has 1 aliphatic rings. The lowest BCUT2D eigenvalue weighted by Gasteiger charge is -2.23. The molecule has 0 amide bonds. The number of rotatable bonds is 1. The average Bonchev–Trinajstić information content (AvgIpc) is 2.19. The molecule has 0 N–H and O–H groups in total. The van der Waals surface area contributed by atoms with Crippen LogP contribution in [0.1, 0.15) is 24.3 Å². The van der Waals surface area contributed by atoms with Gasteiger partial charge in [0.15, 0.2) is 0 Å². The van der Waals surface area contributed by atoms with Crippen molar-refractivity contribution < 1.29 is 13.5 Å². The first-order valence-corrected chi connectivity index (χ1v) is 4.80. The molecule has 0 radical (unpaired) electrons. The van der Waals surface area contributed by atoms with E-state index in [0.717, 1.165) is 12.8 Å². The van der Waals surface area contributed by atoms with Gasteiger partial charge in [0.1, 0.15) is 11.6 Å². The lowest BCUT2D eigenvalue weighted by atomic mass is 9.93. The molecule has 1 aliphatic heterocycles. The fourth-order valence-electron chi connectivity index (χ4n) is 1.87. The Labute approximate surface area is 81.7 Å². The minimum atomic E-state index is -0.458. The van der Waals surface area contributed by atoms with Crippen LogP contribution in [0.25, 0.3) is 0 Å². The molecule has 0 aliphatic carbocycles. The van der Waals surface area contributed by atoms with Crippen molar-refractivity contribution in [2.45, 2.75) is 18.8 Å². The minimum Gasteiger partial charge on any atom is -0.381 e. The van der Waals surface area contributed by atoms with Crippen LogP contribution in [0.15, 0.2) is 18.2 Å². The first-order valence-electron chi connectivity index (χ1n) is 4.80. The zero-order chi connectivity index (χ0) is 9.97. The van der Waals surface area contributed by atoms with Gasteiger partial charge in [-0.2, -0.15) is 0 Å². The largest absolute Gasteiger partial charge is 0.381 e. The van der Waals surface area contributed by atoms with Crippen LogP contribution in [0.5, 0.6) is 0 Å². The number of ether oxygens (including phenoxy) is 1. The Morgan fingerprint density at radius 3 is 2.50 bits per heavy atom. The van der Waals surface area contributed by atoms with Gasteiger partial charge in [0.2, 0.25) is 0 Å². The van der Waals surface area contributed by atoms with Gasteiger partial charge in [0.25, 0.3) is 0 Å². The van der Waals surface area contributed by atoms with Gasteiger partial charge in [-0.25, -0.2) is 8.78 Å². The van der Waals surface area contributed by atoms with Crippen molar-refractivity contribution in [3.05, 3.63) is 35.4 Å². The summed E-state index contributed by atoms with van der Waals surface area (Å²) in [5.41, 5.74) is 0.187. The first kappa shape index (κ1) is 9.59. The normalized spacial score (nSPS) is 22.3. The number of halogens is 2. The second-order valence-corrected chi connectivity index (χ2v) is 3.55. The Kier molecular flexibility index (Phi) is 2.77. The molecule has 1 unspecified atom stereocenters. The molecule has 1 fully saturated rings. The zero-order valence-corrected chi connectivity index (χ0v) is 7.80. The van der Waals surface area contributed by atoms with Crippen molar-refractivity contribution in [1.29, 1.82) is 0 Å². The van der Waals surface area contributed by atoms with Crippen LogP contribution in [0.2, 0.25) is 0 Å². The van der Waals surface area contributed by atoms with E-state index < -0.39 is 11.6 Å². The fourth-order valence-corrected chi connectivity index (χ4v) is 1.87. The van der Waals surface area contributed by atoms with E-state index in [1.807, 2.05) is 0 Å². The highest BCUT2D eigenvalue weighted by molar-refractivity contribution is 5.24. The second kappa shape index (κ2) is 4.05. The van der Waals surface area contributed by atoms with E-state index in [4.69, 9.17) is 4.74 Å². The van der Waals surface area contributed by atoms with Crippen LogP contribution in [0.4, 0.5) is 8.78 Å². The molecule has 0 spiro atoms. The molecule has 0 bridgehead atoms. The third-order valence-electron chi connectivity index (χ3n) is 2.57. The Morgan fingerprint density at radius 2 is 1.93 bits per heavy atom. The van der Waals surface area contributed by atoms with E-state index in [1.165, 1.54) is 18.2 Å². The fraction of sp³-hybridized carbons (Fsp3) is 0.455. The summed E-state index contributed by atoms with van der Waals surface area (Å²) in [4.78, 5) is 0. The molecular formula is C11H12F2O. The maximum atomic E-state index is 13.3. The molecule has 3 heteroatoms. The molecule has 2 rings (SSSR count). The van der Waals surface area contributed by atoms with Gasteiger partial charge >= 0.3 is 0 Å². The van der Waals surface area contributed by atoms with Gasteiger partial charge in [0.05, 0.1) is 6.61 Å². The van der Waals surface area contributed by atoms with Crippen LogP contribution in [-0.4, -0.2) is 13.2 Å². The topological polar surface area (TPSA) is 9.23 Å². The van der Waals surface area contributed by atoms with Crippen LogP contribution in [0, 0.1) is 11.6 Å². The smallest absolute Gasteiger partial charge is 0.129 e. The molecule has 1 aromatic rings.